The van der Waals surface area contributed by atoms with Gasteiger partial charge in [-0.3, -0.25) is 4.68 Å². The van der Waals surface area contributed by atoms with E-state index in [1.807, 2.05) is 10.9 Å². The molecule has 0 saturated heterocycles. The van der Waals surface area contributed by atoms with E-state index in [1.165, 1.54) is 25.7 Å². The maximum Gasteiger partial charge on any atom is 0.0719 e. The maximum absolute atomic E-state index is 8.99. The molecular weight excluding hydrogens is 190 g/mol. The molecule has 82 valence electrons. The van der Waals surface area contributed by atoms with Crippen LogP contribution in [0.15, 0.2) is 12.4 Å². The lowest BCUT2D eigenvalue weighted by Crippen LogP contribution is -2.49. The standard InChI is InChI=1S/C11H17N3O/c12-9-5-13-14(6-9)10-3-11(4-10)1-8(2-11)7-15/h5-6,8,10,15H,1-4,7,12H2. The van der Waals surface area contributed by atoms with Crippen LogP contribution >= 0.6 is 0 Å². The van der Waals surface area contributed by atoms with Crippen LogP contribution in [0.5, 0.6) is 0 Å². The van der Waals surface area contributed by atoms with Gasteiger partial charge < -0.3 is 10.8 Å². The van der Waals surface area contributed by atoms with Crippen molar-refractivity contribution in [2.45, 2.75) is 31.7 Å². The molecule has 0 radical (unpaired) electrons. The van der Waals surface area contributed by atoms with Crippen LogP contribution < -0.4 is 5.73 Å². The van der Waals surface area contributed by atoms with E-state index in [1.54, 1.807) is 6.20 Å². The fourth-order valence-electron chi connectivity index (χ4n) is 3.31. The Labute approximate surface area is 89.1 Å². The minimum atomic E-state index is 0.362. The van der Waals surface area contributed by atoms with Gasteiger partial charge in [0, 0.05) is 12.8 Å². The van der Waals surface area contributed by atoms with E-state index in [2.05, 4.69) is 5.10 Å². The SMILES string of the molecule is Nc1cnn(C2CC3(CC(CO)C3)C2)c1. The molecule has 0 bridgehead atoms. The van der Waals surface area contributed by atoms with Crippen molar-refractivity contribution in [1.29, 1.82) is 0 Å². The van der Waals surface area contributed by atoms with Crippen molar-refractivity contribution in [2.75, 3.05) is 12.3 Å². The minimum Gasteiger partial charge on any atom is -0.396 e. The van der Waals surface area contributed by atoms with Gasteiger partial charge in [-0.05, 0) is 37.0 Å². The highest BCUT2D eigenvalue weighted by Gasteiger charge is 2.53. The van der Waals surface area contributed by atoms with Gasteiger partial charge in [-0.25, -0.2) is 0 Å². The lowest BCUT2D eigenvalue weighted by atomic mass is 9.50. The minimum absolute atomic E-state index is 0.362. The molecule has 1 aromatic heterocycles. The fourth-order valence-corrected chi connectivity index (χ4v) is 3.31. The van der Waals surface area contributed by atoms with Crippen LogP contribution in [0.2, 0.25) is 0 Å². The summed E-state index contributed by atoms with van der Waals surface area (Å²) in [7, 11) is 0. The van der Waals surface area contributed by atoms with E-state index in [0.717, 1.165) is 5.69 Å². The number of nitrogens with zero attached hydrogens (tertiary/aromatic N) is 2. The van der Waals surface area contributed by atoms with E-state index in [-0.39, 0.29) is 0 Å². The molecule has 2 aliphatic carbocycles. The number of nitrogens with two attached hydrogens (primary N) is 1. The largest absolute Gasteiger partial charge is 0.396 e. The van der Waals surface area contributed by atoms with Crippen molar-refractivity contribution in [3.8, 4) is 0 Å². The maximum atomic E-state index is 8.99. The monoisotopic (exact) mass is 207 g/mol. The predicted octanol–water partition coefficient (Wildman–Crippen LogP) is 1.19. The van der Waals surface area contributed by atoms with Crippen LogP contribution in [-0.2, 0) is 0 Å². The summed E-state index contributed by atoms with van der Waals surface area (Å²) < 4.78 is 1.99. The number of aromatic nitrogens is 2. The van der Waals surface area contributed by atoms with Crippen LogP contribution in [0.4, 0.5) is 5.69 Å². The van der Waals surface area contributed by atoms with Crippen molar-refractivity contribution in [3.05, 3.63) is 12.4 Å². The van der Waals surface area contributed by atoms with Crippen LogP contribution in [0.25, 0.3) is 0 Å². The third-order valence-electron chi connectivity index (χ3n) is 4.03. The highest BCUT2D eigenvalue weighted by Crippen LogP contribution is 2.62. The van der Waals surface area contributed by atoms with Gasteiger partial charge in [0.25, 0.3) is 0 Å². The van der Waals surface area contributed by atoms with Crippen LogP contribution in [-0.4, -0.2) is 21.5 Å². The second-order valence-corrected chi connectivity index (χ2v) is 5.27. The molecule has 4 heteroatoms. The van der Waals surface area contributed by atoms with E-state index in [0.29, 0.717) is 24.0 Å². The third-order valence-corrected chi connectivity index (χ3v) is 4.03. The summed E-state index contributed by atoms with van der Waals surface area (Å²) >= 11 is 0. The number of hydrogen-bond donors (Lipinski definition) is 2. The topological polar surface area (TPSA) is 64.1 Å². The Morgan fingerprint density at radius 3 is 2.73 bits per heavy atom. The van der Waals surface area contributed by atoms with Crippen molar-refractivity contribution in [1.82, 2.24) is 9.78 Å². The second kappa shape index (κ2) is 2.98. The Morgan fingerprint density at radius 1 is 1.47 bits per heavy atom. The van der Waals surface area contributed by atoms with Crippen molar-refractivity contribution < 1.29 is 5.11 Å². The lowest BCUT2D eigenvalue weighted by molar-refractivity contribution is -0.0802. The summed E-state index contributed by atoms with van der Waals surface area (Å²) in [5, 5.41) is 13.2. The molecule has 0 aliphatic heterocycles. The molecule has 0 aromatic carbocycles. The molecule has 1 spiro atoms. The number of aliphatic hydroxyl groups excluding tert-OH is 1. The number of anilines is 1. The normalized spacial score (nSPS) is 38.7. The van der Waals surface area contributed by atoms with Crippen molar-refractivity contribution in [3.63, 3.8) is 0 Å². The molecule has 15 heavy (non-hydrogen) atoms. The van der Waals surface area contributed by atoms with Crippen molar-refractivity contribution in [2.24, 2.45) is 11.3 Å². The molecule has 2 aliphatic rings. The second-order valence-electron chi connectivity index (χ2n) is 5.27. The number of aliphatic hydroxyl groups is 1. The first-order valence-corrected chi connectivity index (χ1v) is 5.61. The number of rotatable bonds is 2. The molecular formula is C11H17N3O. The third kappa shape index (κ3) is 1.35. The predicted molar refractivity (Wildman–Crippen MR) is 57.2 cm³/mol. The zero-order valence-electron chi connectivity index (χ0n) is 8.76. The fraction of sp³-hybridized carbons (Fsp3) is 0.727. The van der Waals surface area contributed by atoms with E-state index in [9.17, 15) is 0 Å². The van der Waals surface area contributed by atoms with E-state index in [4.69, 9.17) is 10.8 Å². The molecule has 1 heterocycles. The summed E-state index contributed by atoms with van der Waals surface area (Å²) in [6, 6.07) is 0.543. The summed E-state index contributed by atoms with van der Waals surface area (Å²) in [4.78, 5) is 0. The Balaban J connectivity index is 1.59. The van der Waals surface area contributed by atoms with Gasteiger partial charge in [-0.15, -0.1) is 0 Å². The van der Waals surface area contributed by atoms with E-state index < -0.39 is 0 Å². The van der Waals surface area contributed by atoms with Crippen molar-refractivity contribution >= 4 is 5.69 Å². The Bertz CT molecular complexity index is 360. The van der Waals surface area contributed by atoms with Gasteiger partial charge >= 0.3 is 0 Å². The van der Waals surface area contributed by atoms with Gasteiger partial charge in [0.05, 0.1) is 17.9 Å². The zero-order valence-corrected chi connectivity index (χ0v) is 8.76. The van der Waals surface area contributed by atoms with Gasteiger partial charge in [-0.1, -0.05) is 0 Å². The molecule has 3 rings (SSSR count). The Hall–Kier alpha value is -1.03. The number of nitrogen functional groups attached to an aromatic ring is 1. The average molecular weight is 207 g/mol. The van der Waals surface area contributed by atoms with Crippen LogP contribution in [0, 0.1) is 11.3 Å². The van der Waals surface area contributed by atoms with Gasteiger partial charge in [-0.2, -0.15) is 5.10 Å². The highest BCUT2D eigenvalue weighted by molar-refractivity contribution is 5.30. The summed E-state index contributed by atoms with van der Waals surface area (Å²) in [6.45, 7) is 0.362. The summed E-state index contributed by atoms with van der Waals surface area (Å²) in [6.07, 6.45) is 8.46. The molecule has 1 aromatic rings. The smallest absolute Gasteiger partial charge is 0.0719 e. The highest BCUT2D eigenvalue weighted by atomic mass is 16.3. The number of hydrogen-bond acceptors (Lipinski definition) is 3. The summed E-state index contributed by atoms with van der Waals surface area (Å²) in [5.74, 6) is 0.564. The molecule has 4 nitrogen and oxygen atoms in total. The first-order valence-electron chi connectivity index (χ1n) is 5.61. The first kappa shape index (κ1) is 9.21. The van der Waals surface area contributed by atoms with Gasteiger partial charge in [0.1, 0.15) is 0 Å². The molecule has 2 fully saturated rings. The molecule has 3 N–H and O–H groups in total. The quantitative estimate of drug-likeness (QED) is 0.765. The molecule has 2 saturated carbocycles. The van der Waals surface area contributed by atoms with Crippen LogP contribution in [0.3, 0.4) is 0 Å². The Morgan fingerprint density at radius 2 is 2.20 bits per heavy atom. The van der Waals surface area contributed by atoms with Gasteiger partial charge in [0.15, 0.2) is 0 Å². The van der Waals surface area contributed by atoms with E-state index >= 15 is 0 Å². The summed E-state index contributed by atoms with van der Waals surface area (Å²) in [5.41, 5.74) is 6.92. The molecule has 0 unspecified atom stereocenters. The first-order chi connectivity index (χ1) is 7.21. The lowest BCUT2D eigenvalue weighted by Gasteiger charge is -2.57. The van der Waals surface area contributed by atoms with Crippen LogP contribution in [0.1, 0.15) is 31.7 Å². The molecule has 0 amide bonds. The Kier molecular flexibility index (Phi) is 1.83. The average Bonchev–Trinajstić information content (AvgIpc) is 2.47. The molecule has 0 atom stereocenters. The zero-order chi connectivity index (χ0) is 10.5. The van der Waals surface area contributed by atoms with Gasteiger partial charge in [0.2, 0.25) is 0 Å².